The molecule has 5 heteroatoms. The minimum atomic E-state index is -0.902. The summed E-state index contributed by atoms with van der Waals surface area (Å²) < 4.78 is 18.9. The molecule has 0 radical (unpaired) electrons. The van der Waals surface area contributed by atoms with Gasteiger partial charge in [-0.2, -0.15) is 0 Å². The maximum absolute atomic E-state index is 13.9. The number of amides is 1. The first-order chi connectivity index (χ1) is 10.1. The second-order valence-corrected chi connectivity index (χ2v) is 5.30. The van der Waals surface area contributed by atoms with Crippen LogP contribution in [-0.2, 0) is 10.2 Å². The molecular weight excluding hydrogens is 273 g/mol. The molecule has 21 heavy (non-hydrogen) atoms. The molecule has 1 aromatic heterocycles. The lowest BCUT2D eigenvalue weighted by atomic mass is 9.94. The molecule has 1 aliphatic carbocycles. The molecule has 110 valence electrons. The largest absolute Gasteiger partial charge is 0.467 e. The predicted molar refractivity (Wildman–Crippen MR) is 74.0 cm³/mol. The van der Waals surface area contributed by atoms with Gasteiger partial charge in [-0.05, 0) is 31.0 Å². The van der Waals surface area contributed by atoms with Gasteiger partial charge in [0, 0.05) is 5.56 Å². The number of rotatable bonds is 5. The number of hydrogen-bond acceptors (Lipinski definition) is 3. The van der Waals surface area contributed by atoms with E-state index in [1.807, 2.05) is 0 Å². The van der Waals surface area contributed by atoms with E-state index >= 15 is 0 Å². The second kappa shape index (κ2) is 5.33. The summed E-state index contributed by atoms with van der Waals surface area (Å²) in [7, 11) is 0. The zero-order chi connectivity index (χ0) is 14.9. The quantitative estimate of drug-likeness (QED) is 0.888. The Labute approximate surface area is 121 Å². The van der Waals surface area contributed by atoms with Crippen LogP contribution in [0.1, 0.15) is 30.3 Å². The summed E-state index contributed by atoms with van der Waals surface area (Å²) in [4.78, 5) is 12.3. The van der Waals surface area contributed by atoms with Gasteiger partial charge in [0.25, 0.3) is 0 Å². The lowest BCUT2D eigenvalue weighted by molar-refractivity contribution is -0.124. The molecule has 1 aliphatic rings. The maximum atomic E-state index is 13.9. The Morgan fingerprint density at radius 3 is 2.71 bits per heavy atom. The first-order valence-electron chi connectivity index (χ1n) is 6.88. The number of carbonyl (C=O) groups excluding carboxylic acids is 1. The predicted octanol–water partition coefficient (Wildman–Crippen LogP) is 2.30. The van der Waals surface area contributed by atoms with E-state index in [1.165, 1.54) is 12.3 Å². The van der Waals surface area contributed by atoms with Crippen molar-refractivity contribution in [3.63, 3.8) is 0 Å². The first kappa shape index (κ1) is 13.8. The van der Waals surface area contributed by atoms with Crippen molar-refractivity contribution >= 4 is 5.91 Å². The van der Waals surface area contributed by atoms with Crippen LogP contribution in [0, 0.1) is 5.82 Å². The van der Waals surface area contributed by atoms with Gasteiger partial charge in [0.05, 0.1) is 18.2 Å². The number of hydrogen-bond donors (Lipinski definition) is 2. The van der Waals surface area contributed by atoms with E-state index in [2.05, 4.69) is 5.32 Å². The average Bonchev–Trinajstić information content (AvgIpc) is 3.10. The lowest BCUT2D eigenvalue weighted by Crippen LogP contribution is -2.37. The number of benzene rings is 1. The molecule has 0 aliphatic heterocycles. The summed E-state index contributed by atoms with van der Waals surface area (Å²) in [5, 5.41) is 12.6. The second-order valence-electron chi connectivity index (χ2n) is 5.30. The number of aliphatic hydroxyl groups excluding tert-OH is 1. The molecule has 0 saturated heterocycles. The molecule has 3 rings (SSSR count). The summed E-state index contributed by atoms with van der Waals surface area (Å²) in [5.74, 6) is -0.221. The standard InChI is InChI=1S/C16H16FNO3/c17-12-5-2-1-4-11(12)16(7-8-16)15(20)18-10-13(19)14-6-3-9-21-14/h1-6,9,13,19H,7-8,10H2,(H,18,20). The van der Waals surface area contributed by atoms with Crippen molar-refractivity contribution in [3.05, 3.63) is 59.8 Å². The molecule has 2 N–H and O–H groups in total. The molecular formula is C16H16FNO3. The van der Waals surface area contributed by atoms with Gasteiger partial charge in [-0.25, -0.2) is 4.39 Å². The smallest absolute Gasteiger partial charge is 0.230 e. The van der Waals surface area contributed by atoms with Gasteiger partial charge in [-0.3, -0.25) is 4.79 Å². The Bertz CT molecular complexity index is 635. The zero-order valence-corrected chi connectivity index (χ0v) is 11.4. The Hall–Kier alpha value is -2.14. The highest BCUT2D eigenvalue weighted by molar-refractivity contribution is 5.91. The van der Waals surface area contributed by atoms with E-state index in [-0.39, 0.29) is 18.3 Å². The van der Waals surface area contributed by atoms with Crippen LogP contribution in [0.15, 0.2) is 47.1 Å². The van der Waals surface area contributed by atoms with Crippen LogP contribution < -0.4 is 5.32 Å². The van der Waals surface area contributed by atoms with Gasteiger partial charge in [0.2, 0.25) is 5.91 Å². The number of furan rings is 1. The van der Waals surface area contributed by atoms with Crippen LogP contribution in [0.3, 0.4) is 0 Å². The number of aliphatic hydroxyl groups is 1. The molecule has 1 saturated carbocycles. The third-order valence-corrected chi connectivity index (χ3v) is 3.90. The summed E-state index contributed by atoms with van der Waals surface area (Å²) in [6.07, 6.45) is 1.80. The Morgan fingerprint density at radius 2 is 2.10 bits per heavy atom. The van der Waals surface area contributed by atoms with Gasteiger partial charge in [-0.15, -0.1) is 0 Å². The molecule has 1 atom stereocenters. The number of nitrogens with one attached hydrogen (secondary N) is 1. The average molecular weight is 289 g/mol. The number of halogens is 1. The first-order valence-corrected chi connectivity index (χ1v) is 6.88. The van der Waals surface area contributed by atoms with Crippen molar-refractivity contribution < 1.29 is 18.7 Å². The van der Waals surface area contributed by atoms with Gasteiger partial charge < -0.3 is 14.8 Å². The Morgan fingerprint density at radius 1 is 1.33 bits per heavy atom. The summed E-state index contributed by atoms with van der Waals surface area (Å²) >= 11 is 0. The van der Waals surface area contributed by atoms with Crippen molar-refractivity contribution in [2.45, 2.75) is 24.4 Å². The topological polar surface area (TPSA) is 62.5 Å². The van der Waals surface area contributed by atoms with Crippen LogP contribution >= 0.6 is 0 Å². The third kappa shape index (κ3) is 2.56. The monoisotopic (exact) mass is 289 g/mol. The van der Waals surface area contributed by atoms with E-state index in [1.54, 1.807) is 30.3 Å². The molecule has 0 spiro atoms. The van der Waals surface area contributed by atoms with Crippen molar-refractivity contribution in [2.24, 2.45) is 0 Å². The van der Waals surface area contributed by atoms with Crippen molar-refractivity contribution in [2.75, 3.05) is 6.54 Å². The fourth-order valence-corrected chi connectivity index (χ4v) is 2.53. The van der Waals surface area contributed by atoms with Gasteiger partial charge >= 0.3 is 0 Å². The van der Waals surface area contributed by atoms with Crippen molar-refractivity contribution in [1.29, 1.82) is 0 Å². The highest BCUT2D eigenvalue weighted by Crippen LogP contribution is 2.49. The Balaban J connectivity index is 1.67. The molecule has 1 aromatic carbocycles. The van der Waals surface area contributed by atoms with Gasteiger partial charge in [0.1, 0.15) is 17.7 Å². The van der Waals surface area contributed by atoms with E-state index < -0.39 is 11.5 Å². The van der Waals surface area contributed by atoms with E-state index in [0.29, 0.717) is 24.2 Å². The molecule has 1 amide bonds. The highest BCUT2D eigenvalue weighted by atomic mass is 19.1. The molecule has 1 fully saturated rings. The van der Waals surface area contributed by atoms with Gasteiger partial charge in [0.15, 0.2) is 0 Å². The summed E-state index contributed by atoms with van der Waals surface area (Å²) in [6, 6.07) is 9.64. The molecule has 4 nitrogen and oxygen atoms in total. The maximum Gasteiger partial charge on any atom is 0.230 e. The van der Waals surface area contributed by atoms with Crippen LogP contribution in [0.4, 0.5) is 4.39 Å². The molecule has 2 aromatic rings. The lowest BCUT2D eigenvalue weighted by Gasteiger charge is -2.17. The SMILES string of the molecule is O=C(NCC(O)c1ccco1)C1(c2ccccc2F)CC1. The van der Waals surface area contributed by atoms with Crippen LogP contribution in [-0.4, -0.2) is 17.6 Å². The third-order valence-electron chi connectivity index (χ3n) is 3.90. The van der Waals surface area contributed by atoms with Crippen LogP contribution in [0.2, 0.25) is 0 Å². The van der Waals surface area contributed by atoms with E-state index in [4.69, 9.17) is 4.42 Å². The summed E-state index contributed by atoms with van der Waals surface area (Å²) in [5.41, 5.74) is -0.358. The van der Waals surface area contributed by atoms with Crippen LogP contribution in [0.5, 0.6) is 0 Å². The normalized spacial score (nSPS) is 17.2. The molecule has 1 unspecified atom stereocenters. The minimum absolute atomic E-state index is 0.0442. The fourth-order valence-electron chi connectivity index (χ4n) is 2.53. The molecule has 0 bridgehead atoms. The Kier molecular flexibility index (Phi) is 3.51. The summed E-state index contributed by atoms with van der Waals surface area (Å²) in [6.45, 7) is 0.0442. The molecule has 1 heterocycles. The minimum Gasteiger partial charge on any atom is -0.467 e. The van der Waals surface area contributed by atoms with Crippen molar-refractivity contribution in [3.8, 4) is 0 Å². The fraction of sp³-hybridized carbons (Fsp3) is 0.312. The zero-order valence-electron chi connectivity index (χ0n) is 11.4. The highest BCUT2D eigenvalue weighted by Gasteiger charge is 2.52. The van der Waals surface area contributed by atoms with Crippen LogP contribution in [0.25, 0.3) is 0 Å². The van der Waals surface area contributed by atoms with E-state index in [0.717, 1.165) is 0 Å². The van der Waals surface area contributed by atoms with Crippen molar-refractivity contribution in [1.82, 2.24) is 5.32 Å². The van der Waals surface area contributed by atoms with E-state index in [9.17, 15) is 14.3 Å². The van der Waals surface area contributed by atoms with Gasteiger partial charge in [-0.1, -0.05) is 18.2 Å². The number of carbonyl (C=O) groups is 1.